The number of carbonyl (C=O) groups is 1. The average molecular weight is 293 g/mol. The van der Waals surface area contributed by atoms with Gasteiger partial charge < -0.3 is 5.32 Å². The molecule has 4 heteroatoms. The third-order valence-electron chi connectivity index (χ3n) is 3.19. The number of nitrogens with zero attached hydrogens (tertiary/aromatic N) is 1. The molecule has 0 radical (unpaired) electrons. The number of hydrogen-bond acceptors (Lipinski definition) is 2. The second-order valence-corrected chi connectivity index (χ2v) is 5.95. The van der Waals surface area contributed by atoms with E-state index < -0.39 is 0 Å². The highest BCUT2D eigenvalue weighted by atomic mass is 79.9. The molecular weight excluding hydrogens is 280 g/mol. The average Bonchev–Trinajstić information content (AvgIpc) is 2.88. The van der Waals surface area contributed by atoms with Crippen molar-refractivity contribution in [3.05, 3.63) is 28.2 Å². The molecule has 0 spiro atoms. The quantitative estimate of drug-likeness (QED) is 0.909. The van der Waals surface area contributed by atoms with Crippen molar-refractivity contribution in [2.24, 2.45) is 11.3 Å². The van der Waals surface area contributed by atoms with Crippen LogP contribution in [-0.2, 0) is 4.79 Å². The summed E-state index contributed by atoms with van der Waals surface area (Å²) in [7, 11) is 0. The van der Waals surface area contributed by atoms with Crippen molar-refractivity contribution in [1.82, 2.24) is 0 Å². The minimum atomic E-state index is 0.00426. The van der Waals surface area contributed by atoms with E-state index in [1.165, 1.54) is 0 Å². The fourth-order valence-electron chi connectivity index (χ4n) is 1.85. The molecule has 1 N–H and O–H groups in total. The van der Waals surface area contributed by atoms with Crippen molar-refractivity contribution in [2.45, 2.75) is 20.3 Å². The normalized spacial score (nSPS) is 20.5. The minimum Gasteiger partial charge on any atom is -0.325 e. The number of hydrogen-bond donors (Lipinski definition) is 1. The Balaban J connectivity index is 2.17. The summed E-state index contributed by atoms with van der Waals surface area (Å²) in [6.45, 7) is 4.15. The monoisotopic (exact) mass is 292 g/mol. The van der Waals surface area contributed by atoms with Gasteiger partial charge in [0.25, 0.3) is 0 Å². The standard InChI is InChI=1S/C13H13BrN2O/c1-13(2)6-10(13)12(17)16-11-5-9(14)4-3-8(11)7-15/h3-5,10H,6H2,1-2H3,(H,16,17). The van der Waals surface area contributed by atoms with Crippen molar-refractivity contribution in [1.29, 1.82) is 5.26 Å². The van der Waals surface area contributed by atoms with E-state index >= 15 is 0 Å². The lowest BCUT2D eigenvalue weighted by Gasteiger charge is -2.08. The molecular formula is C13H13BrN2O. The molecule has 1 fully saturated rings. The number of halogens is 1. The first-order valence-corrected chi connectivity index (χ1v) is 6.24. The Kier molecular flexibility index (Phi) is 2.96. The Morgan fingerprint density at radius 2 is 2.24 bits per heavy atom. The maximum absolute atomic E-state index is 11.9. The summed E-state index contributed by atoms with van der Waals surface area (Å²) in [5.41, 5.74) is 1.16. The van der Waals surface area contributed by atoms with E-state index in [-0.39, 0.29) is 17.2 Å². The molecule has 2 rings (SSSR count). The summed E-state index contributed by atoms with van der Waals surface area (Å²) in [6, 6.07) is 7.31. The van der Waals surface area contributed by atoms with E-state index in [1.54, 1.807) is 18.2 Å². The van der Waals surface area contributed by atoms with Crippen molar-refractivity contribution < 1.29 is 4.79 Å². The second-order valence-electron chi connectivity index (χ2n) is 5.04. The molecule has 3 nitrogen and oxygen atoms in total. The van der Waals surface area contributed by atoms with E-state index in [2.05, 4.69) is 41.2 Å². The van der Waals surface area contributed by atoms with Crippen molar-refractivity contribution in [3.63, 3.8) is 0 Å². The molecule has 88 valence electrons. The van der Waals surface area contributed by atoms with Gasteiger partial charge in [0, 0.05) is 10.4 Å². The third kappa shape index (κ3) is 2.50. The molecule has 1 aromatic rings. The van der Waals surface area contributed by atoms with Gasteiger partial charge >= 0.3 is 0 Å². The number of benzene rings is 1. The van der Waals surface area contributed by atoms with Gasteiger partial charge in [-0.05, 0) is 30.0 Å². The Hall–Kier alpha value is -1.34. The fourth-order valence-corrected chi connectivity index (χ4v) is 2.21. The van der Waals surface area contributed by atoms with Gasteiger partial charge in [-0.25, -0.2) is 0 Å². The van der Waals surface area contributed by atoms with Crippen molar-refractivity contribution in [3.8, 4) is 6.07 Å². The van der Waals surface area contributed by atoms with Gasteiger partial charge in [0.05, 0.1) is 11.3 Å². The van der Waals surface area contributed by atoms with Gasteiger partial charge in [-0.3, -0.25) is 4.79 Å². The van der Waals surface area contributed by atoms with Crippen LogP contribution < -0.4 is 5.32 Å². The molecule has 0 aliphatic heterocycles. The van der Waals surface area contributed by atoms with Crippen LogP contribution in [0.5, 0.6) is 0 Å². The van der Waals surface area contributed by atoms with Crippen LogP contribution in [0.3, 0.4) is 0 Å². The molecule has 1 aliphatic carbocycles. The fraction of sp³-hybridized carbons (Fsp3) is 0.385. The van der Waals surface area contributed by atoms with Gasteiger partial charge in [-0.15, -0.1) is 0 Å². The Morgan fingerprint density at radius 1 is 1.59 bits per heavy atom. The highest BCUT2D eigenvalue weighted by Gasteiger charge is 2.50. The smallest absolute Gasteiger partial charge is 0.228 e. The molecule has 1 saturated carbocycles. The zero-order valence-corrected chi connectivity index (χ0v) is 11.3. The van der Waals surface area contributed by atoms with E-state index in [9.17, 15) is 4.79 Å². The van der Waals surface area contributed by atoms with Gasteiger partial charge in [-0.1, -0.05) is 29.8 Å². The molecule has 1 aliphatic rings. The first kappa shape index (κ1) is 12.1. The number of nitriles is 1. The van der Waals surface area contributed by atoms with E-state index in [0.29, 0.717) is 11.3 Å². The summed E-state index contributed by atoms with van der Waals surface area (Å²) in [5.74, 6) is 0.0672. The van der Waals surface area contributed by atoms with Gasteiger partial charge in [-0.2, -0.15) is 5.26 Å². The molecule has 1 unspecified atom stereocenters. The number of amides is 1. The summed E-state index contributed by atoms with van der Waals surface area (Å²) in [6.07, 6.45) is 0.911. The van der Waals surface area contributed by atoms with E-state index in [0.717, 1.165) is 10.9 Å². The molecule has 0 heterocycles. The molecule has 1 atom stereocenters. The van der Waals surface area contributed by atoms with Crippen LogP contribution >= 0.6 is 15.9 Å². The predicted octanol–water partition coefficient (Wildman–Crippen LogP) is 3.31. The van der Waals surface area contributed by atoms with Crippen LogP contribution in [0, 0.1) is 22.7 Å². The molecule has 0 saturated heterocycles. The highest BCUT2D eigenvalue weighted by Crippen LogP contribution is 2.52. The van der Waals surface area contributed by atoms with Crippen molar-refractivity contribution >= 4 is 27.5 Å². The lowest BCUT2D eigenvalue weighted by Crippen LogP contribution is -2.17. The summed E-state index contributed by atoms with van der Waals surface area (Å²) in [4.78, 5) is 11.9. The zero-order valence-electron chi connectivity index (χ0n) is 9.75. The molecule has 1 aromatic carbocycles. The lowest BCUT2D eigenvalue weighted by molar-refractivity contribution is -0.118. The maximum Gasteiger partial charge on any atom is 0.228 e. The molecule has 1 amide bonds. The predicted molar refractivity (Wildman–Crippen MR) is 69.4 cm³/mol. The Labute approximate surface area is 109 Å². The van der Waals surface area contributed by atoms with Gasteiger partial charge in [0.1, 0.15) is 6.07 Å². The Bertz CT molecular complexity index is 517. The SMILES string of the molecule is CC1(C)CC1C(=O)Nc1cc(Br)ccc1C#N. The van der Waals surface area contributed by atoms with Crippen molar-refractivity contribution in [2.75, 3.05) is 5.32 Å². The maximum atomic E-state index is 11.9. The molecule has 0 aromatic heterocycles. The summed E-state index contributed by atoms with van der Waals surface area (Å²) < 4.78 is 0.849. The largest absolute Gasteiger partial charge is 0.325 e. The first-order valence-electron chi connectivity index (χ1n) is 5.44. The minimum absolute atomic E-state index is 0.00426. The van der Waals surface area contributed by atoms with Gasteiger partial charge in [0.2, 0.25) is 5.91 Å². The van der Waals surface area contributed by atoms with Crippen LogP contribution in [0.2, 0.25) is 0 Å². The number of nitrogens with one attached hydrogen (secondary N) is 1. The summed E-state index contributed by atoms with van der Waals surface area (Å²) >= 11 is 3.33. The zero-order chi connectivity index (χ0) is 12.6. The highest BCUT2D eigenvalue weighted by molar-refractivity contribution is 9.10. The molecule has 17 heavy (non-hydrogen) atoms. The van der Waals surface area contributed by atoms with Crippen LogP contribution in [0.15, 0.2) is 22.7 Å². The number of anilines is 1. The van der Waals surface area contributed by atoms with Gasteiger partial charge in [0.15, 0.2) is 0 Å². The topological polar surface area (TPSA) is 52.9 Å². The molecule has 0 bridgehead atoms. The first-order chi connectivity index (χ1) is 7.94. The number of carbonyl (C=O) groups excluding carboxylic acids is 1. The van der Waals surface area contributed by atoms with Crippen LogP contribution in [0.1, 0.15) is 25.8 Å². The number of rotatable bonds is 2. The Morgan fingerprint density at radius 3 is 2.76 bits per heavy atom. The lowest BCUT2D eigenvalue weighted by atomic mass is 10.1. The second kappa shape index (κ2) is 4.15. The third-order valence-corrected chi connectivity index (χ3v) is 3.68. The summed E-state index contributed by atoms with van der Waals surface area (Å²) in [5, 5.41) is 11.8. The van der Waals surface area contributed by atoms with E-state index in [1.807, 2.05) is 0 Å². The van der Waals surface area contributed by atoms with Crippen LogP contribution in [-0.4, -0.2) is 5.91 Å². The van der Waals surface area contributed by atoms with Crippen LogP contribution in [0.4, 0.5) is 5.69 Å². The van der Waals surface area contributed by atoms with E-state index in [4.69, 9.17) is 5.26 Å². The van der Waals surface area contributed by atoms with Crippen LogP contribution in [0.25, 0.3) is 0 Å².